The predicted octanol–water partition coefficient (Wildman–Crippen LogP) is 0.831. The molecule has 42 valence electrons. The van der Waals surface area contributed by atoms with Gasteiger partial charge in [0, 0.05) is 0 Å². The van der Waals surface area contributed by atoms with Crippen molar-refractivity contribution in [3.8, 4) is 0 Å². The number of aliphatic hydroxyl groups is 2. The van der Waals surface area contributed by atoms with Crippen LogP contribution in [-0.4, -0.2) is 16.8 Å². The highest BCUT2D eigenvalue weighted by molar-refractivity contribution is 4.94. The van der Waals surface area contributed by atoms with Crippen LogP contribution in [0, 0.1) is 0 Å². The third-order valence-electron chi connectivity index (χ3n) is 0.840. The Morgan fingerprint density at radius 2 is 2.29 bits per heavy atom. The second-order valence-corrected chi connectivity index (χ2v) is 1.30. The molecule has 0 aliphatic rings. The van der Waals surface area contributed by atoms with E-state index in [9.17, 15) is 0 Å². The van der Waals surface area contributed by atoms with Crippen molar-refractivity contribution >= 4 is 0 Å². The van der Waals surface area contributed by atoms with Crippen LogP contribution in [0.3, 0.4) is 0 Å². The van der Waals surface area contributed by atoms with Crippen molar-refractivity contribution in [2.45, 2.75) is 13.3 Å². The van der Waals surface area contributed by atoms with Crippen LogP contribution in [-0.2, 0) is 0 Å². The molecule has 0 radical (unpaired) electrons. The molecule has 0 bridgehead atoms. The largest absolute Gasteiger partial charge is 0.516 e. The quantitative estimate of drug-likeness (QED) is 0.507. The summed E-state index contributed by atoms with van der Waals surface area (Å²) in [6.07, 6.45) is 1.66. The zero-order valence-corrected chi connectivity index (χ0v) is 4.39. The molecule has 0 atom stereocenters. The maximum absolute atomic E-state index is 8.30. The van der Waals surface area contributed by atoms with E-state index in [4.69, 9.17) is 10.2 Å². The van der Waals surface area contributed by atoms with E-state index in [0.29, 0.717) is 12.0 Å². The van der Waals surface area contributed by atoms with E-state index in [0.717, 1.165) is 6.26 Å². The lowest BCUT2D eigenvalue weighted by Gasteiger charge is -1.91. The first-order valence-electron chi connectivity index (χ1n) is 2.28. The Morgan fingerprint density at radius 1 is 1.71 bits per heavy atom. The van der Waals surface area contributed by atoms with Gasteiger partial charge in [-0.3, -0.25) is 0 Å². The summed E-state index contributed by atoms with van der Waals surface area (Å²) in [5, 5.41) is 16.5. The SMILES string of the molecule is CCC(=CO)CO. The molecule has 0 spiro atoms. The number of hydrogen-bond acceptors (Lipinski definition) is 2. The first kappa shape index (κ1) is 6.50. The normalized spacial score (nSPS) is 12.0. The number of hydrogen-bond donors (Lipinski definition) is 2. The van der Waals surface area contributed by atoms with E-state index < -0.39 is 0 Å². The highest BCUT2D eigenvalue weighted by Gasteiger charge is 1.85. The van der Waals surface area contributed by atoms with Crippen molar-refractivity contribution in [3.63, 3.8) is 0 Å². The standard InChI is InChI=1S/C5H10O2/c1-2-5(3-6)4-7/h3,6-7H,2,4H2,1H3. The van der Waals surface area contributed by atoms with Gasteiger partial charge in [-0.2, -0.15) is 0 Å². The second kappa shape index (κ2) is 3.68. The summed E-state index contributed by atoms with van der Waals surface area (Å²) in [7, 11) is 0. The second-order valence-electron chi connectivity index (χ2n) is 1.30. The average Bonchev–Trinajstić information content (AvgIpc) is 1.72. The van der Waals surface area contributed by atoms with Gasteiger partial charge in [0.1, 0.15) is 0 Å². The summed E-state index contributed by atoms with van der Waals surface area (Å²) >= 11 is 0. The Hall–Kier alpha value is -0.500. The van der Waals surface area contributed by atoms with Crippen LogP contribution in [0.5, 0.6) is 0 Å². The summed E-state index contributed by atoms with van der Waals surface area (Å²) in [6, 6.07) is 0. The predicted molar refractivity (Wildman–Crippen MR) is 28.1 cm³/mol. The summed E-state index contributed by atoms with van der Waals surface area (Å²) in [6.45, 7) is 1.84. The molecule has 0 aromatic heterocycles. The minimum absolute atomic E-state index is 0.0347. The fourth-order valence-electron chi connectivity index (χ4n) is 0.244. The Kier molecular flexibility index (Phi) is 3.42. The molecule has 0 aliphatic heterocycles. The fraction of sp³-hybridized carbons (Fsp3) is 0.600. The molecule has 0 aliphatic carbocycles. The smallest absolute Gasteiger partial charge is 0.0806 e. The average molecular weight is 102 g/mol. The van der Waals surface area contributed by atoms with Gasteiger partial charge >= 0.3 is 0 Å². The van der Waals surface area contributed by atoms with Crippen LogP contribution in [0.4, 0.5) is 0 Å². The van der Waals surface area contributed by atoms with Crippen LogP contribution >= 0.6 is 0 Å². The van der Waals surface area contributed by atoms with Gasteiger partial charge in [-0.05, 0) is 12.0 Å². The molecular weight excluding hydrogens is 92.1 g/mol. The molecule has 0 amide bonds. The summed E-state index contributed by atoms with van der Waals surface area (Å²) in [5.74, 6) is 0. The summed E-state index contributed by atoms with van der Waals surface area (Å²) < 4.78 is 0. The van der Waals surface area contributed by atoms with Crippen molar-refractivity contribution in [3.05, 3.63) is 11.8 Å². The molecule has 2 heteroatoms. The van der Waals surface area contributed by atoms with Gasteiger partial charge in [0.2, 0.25) is 0 Å². The molecule has 0 saturated carbocycles. The van der Waals surface area contributed by atoms with E-state index >= 15 is 0 Å². The van der Waals surface area contributed by atoms with Crippen LogP contribution in [0.1, 0.15) is 13.3 Å². The molecule has 2 nitrogen and oxygen atoms in total. The fourth-order valence-corrected chi connectivity index (χ4v) is 0.244. The molecule has 0 unspecified atom stereocenters. The molecule has 0 rings (SSSR count). The van der Waals surface area contributed by atoms with Gasteiger partial charge in [-0.1, -0.05) is 6.92 Å². The summed E-state index contributed by atoms with van der Waals surface area (Å²) in [4.78, 5) is 0. The third kappa shape index (κ3) is 2.23. The first-order valence-corrected chi connectivity index (χ1v) is 2.28. The van der Waals surface area contributed by atoms with Crippen molar-refractivity contribution in [1.82, 2.24) is 0 Å². The lowest BCUT2D eigenvalue weighted by Crippen LogP contribution is -1.86. The van der Waals surface area contributed by atoms with Crippen molar-refractivity contribution < 1.29 is 10.2 Å². The molecule has 0 aromatic rings. The van der Waals surface area contributed by atoms with Gasteiger partial charge in [0.15, 0.2) is 0 Å². The van der Waals surface area contributed by atoms with E-state index in [2.05, 4.69) is 0 Å². The third-order valence-corrected chi connectivity index (χ3v) is 0.840. The van der Waals surface area contributed by atoms with Gasteiger partial charge in [0.25, 0.3) is 0 Å². The Bertz CT molecular complexity index is 60.5. The van der Waals surface area contributed by atoms with Gasteiger partial charge in [0.05, 0.1) is 12.9 Å². The number of aliphatic hydroxyl groups excluding tert-OH is 2. The minimum Gasteiger partial charge on any atom is -0.516 e. The molecule has 0 saturated heterocycles. The zero-order chi connectivity index (χ0) is 5.70. The summed E-state index contributed by atoms with van der Waals surface area (Å²) in [5.41, 5.74) is 0.667. The molecule has 0 fully saturated rings. The Morgan fingerprint density at radius 3 is 2.29 bits per heavy atom. The van der Waals surface area contributed by atoms with E-state index in [1.165, 1.54) is 0 Å². The van der Waals surface area contributed by atoms with E-state index in [1.807, 2.05) is 6.92 Å². The van der Waals surface area contributed by atoms with E-state index in [-0.39, 0.29) is 6.61 Å². The van der Waals surface area contributed by atoms with Crippen LogP contribution in [0.15, 0.2) is 11.8 Å². The highest BCUT2D eigenvalue weighted by atomic mass is 16.3. The monoisotopic (exact) mass is 102 g/mol. The Balaban J connectivity index is 3.38. The first-order chi connectivity index (χ1) is 3.35. The topological polar surface area (TPSA) is 40.5 Å². The molecule has 0 heterocycles. The zero-order valence-electron chi connectivity index (χ0n) is 4.39. The maximum atomic E-state index is 8.30. The Labute approximate surface area is 43.1 Å². The van der Waals surface area contributed by atoms with Gasteiger partial charge in [-0.25, -0.2) is 0 Å². The van der Waals surface area contributed by atoms with Gasteiger partial charge < -0.3 is 10.2 Å². The van der Waals surface area contributed by atoms with Crippen molar-refractivity contribution in [2.75, 3.05) is 6.61 Å². The van der Waals surface area contributed by atoms with E-state index in [1.54, 1.807) is 0 Å². The lowest BCUT2D eigenvalue weighted by atomic mass is 10.2. The van der Waals surface area contributed by atoms with Crippen LogP contribution in [0.25, 0.3) is 0 Å². The molecule has 2 N–H and O–H groups in total. The number of rotatable bonds is 2. The van der Waals surface area contributed by atoms with Crippen LogP contribution in [0.2, 0.25) is 0 Å². The molecular formula is C5H10O2. The highest BCUT2D eigenvalue weighted by Crippen LogP contribution is 1.94. The lowest BCUT2D eigenvalue weighted by molar-refractivity contribution is 0.319. The van der Waals surface area contributed by atoms with Crippen LogP contribution < -0.4 is 0 Å². The molecule has 7 heavy (non-hydrogen) atoms. The van der Waals surface area contributed by atoms with Crippen molar-refractivity contribution in [2.24, 2.45) is 0 Å². The van der Waals surface area contributed by atoms with Gasteiger partial charge in [-0.15, -0.1) is 0 Å². The van der Waals surface area contributed by atoms with Crippen molar-refractivity contribution in [1.29, 1.82) is 0 Å². The maximum Gasteiger partial charge on any atom is 0.0806 e. The molecule has 0 aromatic carbocycles. The minimum atomic E-state index is -0.0347.